The van der Waals surface area contributed by atoms with E-state index >= 15 is 0 Å². The van der Waals surface area contributed by atoms with Gasteiger partial charge in [-0.1, -0.05) is 43.4 Å². The Kier molecular flexibility index (Phi) is 4.81. The maximum Gasteiger partial charge on any atom is 0.230 e. The number of hydrogen-bond donors (Lipinski definition) is 1. The van der Waals surface area contributed by atoms with Gasteiger partial charge in [0, 0.05) is 0 Å². The number of fused-ring (bicyclic) bond motifs is 1. The van der Waals surface area contributed by atoms with Crippen molar-refractivity contribution in [2.24, 2.45) is 0 Å². The molecule has 0 aliphatic heterocycles. The van der Waals surface area contributed by atoms with Crippen molar-refractivity contribution in [2.45, 2.75) is 26.2 Å². The molecule has 3 rings (SSSR count). The number of nitrogens with one attached hydrogen (secondary N) is 1. The minimum Gasteiger partial charge on any atom is -0.497 e. The molecule has 0 saturated carbocycles. The van der Waals surface area contributed by atoms with E-state index in [4.69, 9.17) is 4.74 Å². The van der Waals surface area contributed by atoms with Gasteiger partial charge in [0.05, 0.1) is 23.7 Å². The number of thiazole rings is 1. The molecule has 0 aliphatic rings. The fourth-order valence-corrected chi connectivity index (χ4v) is 3.38. The molecule has 2 aromatic carbocycles. The molecule has 1 amide bonds. The van der Waals surface area contributed by atoms with Crippen LogP contribution in [0.25, 0.3) is 10.2 Å². The number of amides is 1. The molecule has 1 N–H and O–H groups in total. The standard InChI is InChI=1S/C19H20N2O2S/c1-12(2)14-6-9-16-17(11-14)24-19(20-16)21-18(22)10-13-4-7-15(23-3)8-5-13/h4-9,11-12H,10H2,1-3H3,(H,20,21,22). The molecule has 0 unspecified atom stereocenters. The third kappa shape index (κ3) is 3.74. The SMILES string of the molecule is COc1ccc(CC(=O)Nc2nc3ccc(C(C)C)cc3s2)cc1. The summed E-state index contributed by atoms with van der Waals surface area (Å²) in [7, 11) is 1.62. The summed E-state index contributed by atoms with van der Waals surface area (Å²) < 4.78 is 6.22. The topological polar surface area (TPSA) is 51.2 Å². The summed E-state index contributed by atoms with van der Waals surface area (Å²) in [6.07, 6.45) is 0.317. The lowest BCUT2D eigenvalue weighted by Crippen LogP contribution is -2.14. The molecule has 0 radical (unpaired) electrons. The van der Waals surface area contributed by atoms with E-state index in [0.29, 0.717) is 17.5 Å². The Labute approximate surface area is 145 Å². The third-order valence-electron chi connectivity index (χ3n) is 3.85. The molecule has 0 atom stereocenters. The first-order valence-corrected chi connectivity index (χ1v) is 8.70. The van der Waals surface area contributed by atoms with Crippen molar-refractivity contribution in [2.75, 3.05) is 12.4 Å². The van der Waals surface area contributed by atoms with Crippen LogP contribution in [-0.4, -0.2) is 18.0 Å². The number of nitrogens with zero attached hydrogens (tertiary/aromatic N) is 1. The van der Waals surface area contributed by atoms with E-state index in [1.54, 1.807) is 7.11 Å². The monoisotopic (exact) mass is 340 g/mol. The van der Waals surface area contributed by atoms with Crippen LogP contribution in [0, 0.1) is 0 Å². The summed E-state index contributed by atoms with van der Waals surface area (Å²) in [5, 5.41) is 3.54. The molecular formula is C19H20N2O2S. The van der Waals surface area contributed by atoms with Crippen LogP contribution in [0.3, 0.4) is 0 Å². The Morgan fingerprint density at radius 1 is 1.21 bits per heavy atom. The molecule has 1 heterocycles. The molecule has 0 bridgehead atoms. The van der Waals surface area contributed by atoms with E-state index in [9.17, 15) is 4.79 Å². The third-order valence-corrected chi connectivity index (χ3v) is 4.78. The number of methoxy groups -OCH3 is 1. The predicted molar refractivity (Wildman–Crippen MR) is 99.0 cm³/mol. The highest BCUT2D eigenvalue weighted by Gasteiger charge is 2.10. The Morgan fingerprint density at radius 3 is 2.62 bits per heavy atom. The van der Waals surface area contributed by atoms with Crippen molar-refractivity contribution in [3.63, 3.8) is 0 Å². The number of benzene rings is 2. The van der Waals surface area contributed by atoms with Gasteiger partial charge in [-0.15, -0.1) is 0 Å². The summed E-state index contributed by atoms with van der Waals surface area (Å²) in [5.41, 5.74) is 3.14. The Morgan fingerprint density at radius 2 is 1.96 bits per heavy atom. The molecule has 3 aromatic rings. The molecule has 24 heavy (non-hydrogen) atoms. The number of rotatable bonds is 5. The zero-order chi connectivity index (χ0) is 17.1. The molecule has 0 fully saturated rings. The molecule has 1 aromatic heterocycles. The lowest BCUT2D eigenvalue weighted by atomic mass is 10.0. The molecule has 0 aliphatic carbocycles. The molecule has 0 spiro atoms. The van der Waals surface area contributed by atoms with Crippen LogP contribution in [0.1, 0.15) is 30.9 Å². The van der Waals surface area contributed by atoms with Crippen molar-refractivity contribution in [1.82, 2.24) is 4.98 Å². The Hall–Kier alpha value is -2.40. The number of aromatic nitrogens is 1. The highest BCUT2D eigenvalue weighted by atomic mass is 32.1. The molecular weight excluding hydrogens is 320 g/mol. The lowest BCUT2D eigenvalue weighted by molar-refractivity contribution is -0.115. The van der Waals surface area contributed by atoms with Crippen molar-refractivity contribution in [3.8, 4) is 5.75 Å². The molecule has 0 saturated heterocycles. The highest BCUT2D eigenvalue weighted by Crippen LogP contribution is 2.29. The van der Waals surface area contributed by atoms with Gasteiger partial charge in [-0.3, -0.25) is 4.79 Å². The number of carbonyl (C=O) groups excluding carboxylic acids is 1. The number of carbonyl (C=O) groups is 1. The van der Waals surface area contributed by atoms with Crippen LogP contribution in [-0.2, 0) is 11.2 Å². The second-order valence-corrected chi connectivity index (χ2v) is 7.00. The van der Waals surface area contributed by atoms with Crippen molar-refractivity contribution < 1.29 is 9.53 Å². The van der Waals surface area contributed by atoms with Crippen LogP contribution in [0.4, 0.5) is 5.13 Å². The fraction of sp³-hybridized carbons (Fsp3) is 0.263. The zero-order valence-corrected chi connectivity index (χ0v) is 14.8. The van der Waals surface area contributed by atoms with Gasteiger partial charge in [-0.25, -0.2) is 4.98 Å². The maximum absolute atomic E-state index is 12.2. The first-order chi connectivity index (χ1) is 11.5. The van der Waals surface area contributed by atoms with Crippen LogP contribution in [0.5, 0.6) is 5.75 Å². The van der Waals surface area contributed by atoms with Gasteiger partial charge in [-0.05, 0) is 41.3 Å². The van der Waals surface area contributed by atoms with E-state index in [1.807, 2.05) is 30.3 Å². The summed E-state index contributed by atoms with van der Waals surface area (Å²) in [6, 6.07) is 13.8. The fourth-order valence-electron chi connectivity index (χ4n) is 2.45. The average Bonchev–Trinajstić information content (AvgIpc) is 2.96. The van der Waals surface area contributed by atoms with Gasteiger partial charge in [0.2, 0.25) is 5.91 Å². The van der Waals surface area contributed by atoms with Crippen LogP contribution in [0.15, 0.2) is 42.5 Å². The van der Waals surface area contributed by atoms with Crippen molar-refractivity contribution in [3.05, 3.63) is 53.6 Å². The minimum absolute atomic E-state index is 0.0664. The number of hydrogen-bond acceptors (Lipinski definition) is 4. The number of anilines is 1. The van der Waals surface area contributed by atoms with E-state index < -0.39 is 0 Å². The highest BCUT2D eigenvalue weighted by molar-refractivity contribution is 7.22. The average molecular weight is 340 g/mol. The minimum atomic E-state index is -0.0664. The van der Waals surface area contributed by atoms with Crippen LogP contribution >= 0.6 is 11.3 Å². The molecule has 124 valence electrons. The van der Waals surface area contributed by atoms with Gasteiger partial charge in [0.15, 0.2) is 5.13 Å². The van der Waals surface area contributed by atoms with Crippen LogP contribution in [0.2, 0.25) is 0 Å². The smallest absolute Gasteiger partial charge is 0.230 e. The number of ether oxygens (including phenoxy) is 1. The predicted octanol–water partition coefficient (Wildman–Crippen LogP) is 4.61. The van der Waals surface area contributed by atoms with Gasteiger partial charge >= 0.3 is 0 Å². The van der Waals surface area contributed by atoms with E-state index in [-0.39, 0.29) is 5.91 Å². The second-order valence-electron chi connectivity index (χ2n) is 5.97. The van der Waals surface area contributed by atoms with E-state index in [1.165, 1.54) is 16.9 Å². The van der Waals surface area contributed by atoms with Gasteiger partial charge in [0.25, 0.3) is 0 Å². The summed E-state index contributed by atoms with van der Waals surface area (Å²) >= 11 is 1.51. The quantitative estimate of drug-likeness (QED) is 0.738. The van der Waals surface area contributed by atoms with Crippen LogP contribution < -0.4 is 10.1 Å². The first-order valence-electron chi connectivity index (χ1n) is 7.88. The Bertz CT molecular complexity index is 853. The van der Waals surface area contributed by atoms with Gasteiger partial charge in [0.1, 0.15) is 5.75 Å². The van der Waals surface area contributed by atoms with Crippen molar-refractivity contribution in [1.29, 1.82) is 0 Å². The lowest BCUT2D eigenvalue weighted by Gasteiger charge is -2.03. The summed E-state index contributed by atoms with van der Waals surface area (Å²) in [4.78, 5) is 16.7. The normalized spacial score (nSPS) is 11.0. The molecule has 5 heteroatoms. The molecule has 4 nitrogen and oxygen atoms in total. The zero-order valence-electron chi connectivity index (χ0n) is 14.0. The Balaban J connectivity index is 1.70. The largest absolute Gasteiger partial charge is 0.497 e. The van der Waals surface area contributed by atoms with Gasteiger partial charge < -0.3 is 10.1 Å². The maximum atomic E-state index is 12.2. The van der Waals surface area contributed by atoms with E-state index in [0.717, 1.165) is 21.5 Å². The summed E-state index contributed by atoms with van der Waals surface area (Å²) in [5.74, 6) is 1.19. The van der Waals surface area contributed by atoms with Gasteiger partial charge in [-0.2, -0.15) is 0 Å². The van der Waals surface area contributed by atoms with E-state index in [2.05, 4.69) is 36.3 Å². The first kappa shape index (κ1) is 16.5. The summed E-state index contributed by atoms with van der Waals surface area (Å²) in [6.45, 7) is 4.33. The van der Waals surface area contributed by atoms with Crippen molar-refractivity contribution >= 4 is 32.6 Å². The second kappa shape index (κ2) is 7.01.